The summed E-state index contributed by atoms with van der Waals surface area (Å²) < 4.78 is 4.66. The predicted octanol–water partition coefficient (Wildman–Crippen LogP) is 3.54. The van der Waals surface area contributed by atoms with Crippen molar-refractivity contribution in [3.63, 3.8) is 0 Å². The van der Waals surface area contributed by atoms with Gasteiger partial charge in [-0.3, -0.25) is 9.59 Å². The van der Waals surface area contributed by atoms with Crippen LogP contribution in [0.25, 0.3) is 0 Å². The topological polar surface area (TPSA) is 87.7 Å². The molecule has 1 fully saturated rings. The Hall–Kier alpha value is -3.35. The van der Waals surface area contributed by atoms with Gasteiger partial charge in [0.25, 0.3) is 5.91 Å². The number of carbonyl (C=O) groups excluding carboxylic acids is 3. The predicted molar refractivity (Wildman–Crippen MR) is 116 cm³/mol. The third-order valence-electron chi connectivity index (χ3n) is 5.07. The van der Waals surface area contributed by atoms with Crippen LogP contribution in [-0.4, -0.2) is 49.4 Å². The minimum absolute atomic E-state index is 0.0480. The zero-order chi connectivity index (χ0) is 21.3. The van der Waals surface area contributed by atoms with Crippen LogP contribution in [0.1, 0.15) is 46.4 Å². The second kappa shape index (κ2) is 10.4. The number of nitrogens with zero attached hydrogens (tertiary/aromatic N) is 1. The zero-order valence-electron chi connectivity index (χ0n) is 17.1. The van der Waals surface area contributed by atoms with Crippen molar-refractivity contribution >= 4 is 29.2 Å². The maximum Gasteiger partial charge on any atom is 0.337 e. The Balaban J connectivity index is 1.49. The molecule has 2 N–H and O–H groups in total. The summed E-state index contributed by atoms with van der Waals surface area (Å²) in [6.07, 6.45) is 4.47. The molecule has 30 heavy (non-hydrogen) atoms. The van der Waals surface area contributed by atoms with Crippen molar-refractivity contribution in [2.45, 2.75) is 25.7 Å². The minimum Gasteiger partial charge on any atom is -0.465 e. The van der Waals surface area contributed by atoms with E-state index in [1.165, 1.54) is 20.0 Å². The highest BCUT2D eigenvalue weighted by atomic mass is 16.5. The highest BCUT2D eigenvalue weighted by Crippen LogP contribution is 2.16. The molecular weight excluding hydrogens is 382 g/mol. The second-order valence-electron chi connectivity index (χ2n) is 7.25. The Morgan fingerprint density at radius 3 is 2.00 bits per heavy atom. The van der Waals surface area contributed by atoms with Crippen LogP contribution in [0.4, 0.5) is 11.4 Å². The maximum absolute atomic E-state index is 12.6. The first kappa shape index (κ1) is 21.4. The molecule has 1 heterocycles. The summed E-state index contributed by atoms with van der Waals surface area (Å²) in [5.41, 5.74) is 2.44. The van der Waals surface area contributed by atoms with E-state index in [1.54, 1.807) is 48.5 Å². The molecule has 1 saturated heterocycles. The van der Waals surface area contributed by atoms with Crippen molar-refractivity contribution in [2.75, 3.05) is 37.4 Å². The number of benzene rings is 2. The Bertz CT molecular complexity index is 870. The van der Waals surface area contributed by atoms with Gasteiger partial charge in [-0.2, -0.15) is 0 Å². The molecule has 7 heteroatoms. The number of anilines is 2. The fraction of sp³-hybridized carbons (Fsp3) is 0.348. The number of hydrogen-bond donors (Lipinski definition) is 2. The van der Waals surface area contributed by atoms with Crippen LogP contribution in [0.3, 0.4) is 0 Å². The van der Waals surface area contributed by atoms with Crippen LogP contribution >= 0.6 is 0 Å². The molecule has 0 atom stereocenters. The standard InChI is InChI=1S/C23H27N3O4/c1-30-23(29)18-8-10-19(11-9-18)24-16-21(27)25-20-12-6-17(7-13-20)22(28)26-14-4-2-3-5-15-26/h6-13,24H,2-5,14-16H2,1H3,(H,25,27). The first-order valence-corrected chi connectivity index (χ1v) is 10.2. The van der Waals surface area contributed by atoms with Crippen LogP contribution in [0.2, 0.25) is 0 Å². The largest absolute Gasteiger partial charge is 0.465 e. The summed E-state index contributed by atoms with van der Waals surface area (Å²) in [5, 5.41) is 5.81. The van der Waals surface area contributed by atoms with Crippen molar-refractivity contribution in [3.05, 3.63) is 59.7 Å². The van der Waals surface area contributed by atoms with Crippen LogP contribution < -0.4 is 10.6 Å². The van der Waals surface area contributed by atoms with Crippen molar-refractivity contribution in [2.24, 2.45) is 0 Å². The SMILES string of the molecule is COC(=O)c1ccc(NCC(=O)Nc2ccc(C(=O)N3CCCCCC3)cc2)cc1. The van der Waals surface area contributed by atoms with Gasteiger partial charge in [-0.15, -0.1) is 0 Å². The molecule has 158 valence electrons. The molecule has 0 unspecified atom stereocenters. The zero-order valence-corrected chi connectivity index (χ0v) is 17.1. The van der Waals surface area contributed by atoms with Crippen LogP contribution in [-0.2, 0) is 9.53 Å². The molecule has 2 aromatic carbocycles. The van der Waals surface area contributed by atoms with Gasteiger partial charge in [-0.05, 0) is 61.4 Å². The molecule has 1 aliphatic rings. The smallest absolute Gasteiger partial charge is 0.337 e. The summed E-state index contributed by atoms with van der Waals surface area (Å²) in [6, 6.07) is 13.7. The fourth-order valence-corrected chi connectivity index (χ4v) is 3.38. The molecule has 0 bridgehead atoms. The minimum atomic E-state index is -0.405. The van der Waals surface area contributed by atoms with E-state index in [9.17, 15) is 14.4 Å². The molecule has 3 rings (SSSR count). The van der Waals surface area contributed by atoms with Crippen molar-refractivity contribution in [1.29, 1.82) is 0 Å². The van der Waals surface area contributed by atoms with Crippen molar-refractivity contribution < 1.29 is 19.1 Å². The highest BCUT2D eigenvalue weighted by molar-refractivity contribution is 5.97. The van der Waals surface area contributed by atoms with E-state index in [-0.39, 0.29) is 18.4 Å². The lowest BCUT2D eigenvalue weighted by Crippen LogP contribution is -2.31. The number of likely N-dealkylation sites (tertiary alicyclic amines) is 1. The van der Waals surface area contributed by atoms with E-state index in [2.05, 4.69) is 15.4 Å². The van der Waals surface area contributed by atoms with Crippen LogP contribution in [0.5, 0.6) is 0 Å². The molecule has 0 aromatic heterocycles. The number of amides is 2. The number of esters is 1. The summed E-state index contributed by atoms with van der Waals surface area (Å²) in [7, 11) is 1.33. The number of methoxy groups -OCH3 is 1. The first-order chi connectivity index (χ1) is 14.6. The molecule has 0 saturated carbocycles. The van der Waals surface area contributed by atoms with E-state index in [1.807, 2.05) is 4.90 Å². The van der Waals surface area contributed by atoms with E-state index in [0.717, 1.165) is 31.6 Å². The molecule has 7 nitrogen and oxygen atoms in total. The number of rotatable bonds is 6. The molecule has 2 aromatic rings. The van der Waals surface area contributed by atoms with Gasteiger partial charge in [-0.1, -0.05) is 12.8 Å². The van der Waals surface area contributed by atoms with Gasteiger partial charge in [0.2, 0.25) is 5.91 Å². The van der Waals surface area contributed by atoms with Gasteiger partial charge in [0, 0.05) is 30.0 Å². The van der Waals surface area contributed by atoms with Gasteiger partial charge in [-0.25, -0.2) is 4.79 Å². The molecule has 0 aliphatic carbocycles. The van der Waals surface area contributed by atoms with Gasteiger partial charge in [0.1, 0.15) is 0 Å². The lowest BCUT2D eigenvalue weighted by Gasteiger charge is -2.20. The fourth-order valence-electron chi connectivity index (χ4n) is 3.38. The molecule has 2 amide bonds. The monoisotopic (exact) mass is 409 g/mol. The van der Waals surface area contributed by atoms with Gasteiger partial charge in [0.05, 0.1) is 19.2 Å². The Labute approximate surface area is 176 Å². The Morgan fingerprint density at radius 2 is 1.40 bits per heavy atom. The third-order valence-corrected chi connectivity index (χ3v) is 5.07. The van der Waals surface area contributed by atoms with Crippen LogP contribution in [0, 0.1) is 0 Å². The summed E-state index contributed by atoms with van der Waals surface area (Å²) in [6.45, 7) is 1.69. The lowest BCUT2D eigenvalue weighted by atomic mass is 10.1. The quantitative estimate of drug-likeness (QED) is 0.713. The summed E-state index contributed by atoms with van der Waals surface area (Å²) >= 11 is 0. The van der Waals surface area contributed by atoms with Crippen LogP contribution in [0.15, 0.2) is 48.5 Å². The molecule has 0 spiro atoms. The summed E-state index contributed by atoms with van der Waals surface area (Å²) in [4.78, 5) is 38.2. The van der Waals surface area contributed by atoms with E-state index in [0.29, 0.717) is 16.8 Å². The molecule has 0 radical (unpaired) electrons. The second-order valence-corrected chi connectivity index (χ2v) is 7.25. The molecular formula is C23H27N3O4. The number of hydrogen-bond acceptors (Lipinski definition) is 5. The van der Waals surface area contributed by atoms with Crippen molar-refractivity contribution in [3.8, 4) is 0 Å². The van der Waals surface area contributed by atoms with E-state index >= 15 is 0 Å². The van der Waals surface area contributed by atoms with Gasteiger partial charge < -0.3 is 20.3 Å². The third kappa shape index (κ3) is 5.83. The number of nitrogens with one attached hydrogen (secondary N) is 2. The Kier molecular flexibility index (Phi) is 7.43. The summed E-state index contributed by atoms with van der Waals surface area (Å²) in [5.74, 6) is -0.567. The average Bonchev–Trinajstić information content (AvgIpc) is 3.07. The van der Waals surface area contributed by atoms with E-state index in [4.69, 9.17) is 0 Å². The van der Waals surface area contributed by atoms with Crippen molar-refractivity contribution in [1.82, 2.24) is 4.90 Å². The van der Waals surface area contributed by atoms with Gasteiger partial charge >= 0.3 is 5.97 Å². The van der Waals surface area contributed by atoms with E-state index < -0.39 is 5.97 Å². The average molecular weight is 409 g/mol. The lowest BCUT2D eigenvalue weighted by molar-refractivity contribution is -0.114. The maximum atomic E-state index is 12.6. The highest BCUT2D eigenvalue weighted by Gasteiger charge is 2.17. The number of carbonyl (C=O) groups is 3. The normalized spacial score (nSPS) is 13.8. The molecule has 1 aliphatic heterocycles. The number of ether oxygens (including phenoxy) is 1. The van der Waals surface area contributed by atoms with Gasteiger partial charge in [0.15, 0.2) is 0 Å². The first-order valence-electron chi connectivity index (χ1n) is 10.2. The Morgan fingerprint density at radius 1 is 0.833 bits per heavy atom.